The molecule has 102 valence electrons. The molecule has 0 bridgehead atoms. The molecule has 0 spiro atoms. The lowest BCUT2D eigenvalue weighted by molar-refractivity contribution is 0.127. The molecule has 1 unspecified atom stereocenters. The normalized spacial score (nSPS) is 20.6. The average Bonchev–Trinajstić information content (AvgIpc) is 2.39. The van der Waals surface area contributed by atoms with Gasteiger partial charge in [-0.15, -0.1) is 0 Å². The zero-order chi connectivity index (χ0) is 12.5. The van der Waals surface area contributed by atoms with Crippen LogP contribution in [-0.2, 0) is 0 Å². The van der Waals surface area contributed by atoms with E-state index in [1.165, 1.54) is 32.7 Å². The number of likely N-dealkylation sites (N-methyl/N-ethyl adjacent to an activating group) is 1. The van der Waals surface area contributed by atoms with Crippen LogP contribution in [0, 0.1) is 0 Å². The van der Waals surface area contributed by atoms with Crippen LogP contribution in [0.1, 0.15) is 26.7 Å². The van der Waals surface area contributed by atoms with Gasteiger partial charge in [-0.3, -0.25) is 0 Å². The predicted molar refractivity (Wildman–Crippen MR) is 72.3 cm³/mol. The van der Waals surface area contributed by atoms with Crippen molar-refractivity contribution < 1.29 is 5.11 Å². The van der Waals surface area contributed by atoms with Crippen molar-refractivity contribution in [1.29, 1.82) is 0 Å². The molecule has 17 heavy (non-hydrogen) atoms. The van der Waals surface area contributed by atoms with E-state index >= 15 is 0 Å². The molecule has 0 aromatic rings. The largest absolute Gasteiger partial charge is 0.395 e. The topological polar surface area (TPSA) is 38.7 Å². The van der Waals surface area contributed by atoms with Crippen molar-refractivity contribution in [2.75, 3.05) is 52.4 Å². The highest BCUT2D eigenvalue weighted by atomic mass is 16.3. The maximum Gasteiger partial charge on any atom is 0.0585 e. The minimum Gasteiger partial charge on any atom is -0.395 e. The second-order valence-electron chi connectivity index (χ2n) is 4.90. The summed E-state index contributed by atoms with van der Waals surface area (Å²) in [5.41, 5.74) is 0. The van der Waals surface area contributed by atoms with Crippen molar-refractivity contribution >= 4 is 0 Å². The first-order valence-corrected chi connectivity index (χ1v) is 7.09. The molecule has 1 saturated heterocycles. The quantitative estimate of drug-likeness (QED) is 0.646. The molecule has 0 radical (unpaired) electrons. The first kappa shape index (κ1) is 14.9. The summed E-state index contributed by atoms with van der Waals surface area (Å²) in [7, 11) is 0. The summed E-state index contributed by atoms with van der Waals surface area (Å²) in [5.74, 6) is 0. The van der Waals surface area contributed by atoms with E-state index in [0.29, 0.717) is 0 Å². The van der Waals surface area contributed by atoms with Gasteiger partial charge in [0, 0.05) is 32.2 Å². The van der Waals surface area contributed by atoms with Gasteiger partial charge in [0.25, 0.3) is 0 Å². The van der Waals surface area contributed by atoms with Crippen LogP contribution in [0.4, 0.5) is 0 Å². The summed E-state index contributed by atoms with van der Waals surface area (Å²) < 4.78 is 0. The molecular weight excluding hydrogens is 214 g/mol. The van der Waals surface area contributed by atoms with E-state index in [9.17, 15) is 5.11 Å². The molecular formula is C13H29N3O. The first-order valence-electron chi connectivity index (χ1n) is 7.09. The summed E-state index contributed by atoms with van der Waals surface area (Å²) in [6, 6.07) is 0.277. The Bertz CT molecular complexity index is 182. The number of piperazine rings is 1. The molecule has 4 nitrogen and oxygen atoms in total. The summed E-state index contributed by atoms with van der Waals surface area (Å²) >= 11 is 0. The van der Waals surface area contributed by atoms with Crippen molar-refractivity contribution in [3.8, 4) is 0 Å². The van der Waals surface area contributed by atoms with Crippen LogP contribution in [0.3, 0.4) is 0 Å². The third-order valence-corrected chi connectivity index (χ3v) is 3.61. The van der Waals surface area contributed by atoms with E-state index < -0.39 is 0 Å². The van der Waals surface area contributed by atoms with Crippen molar-refractivity contribution in [3.05, 3.63) is 0 Å². The van der Waals surface area contributed by atoms with E-state index in [-0.39, 0.29) is 12.6 Å². The smallest absolute Gasteiger partial charge is 0.0585 e. The first-order chi connectivity index (χ1) is 8.30. The molecule has 1 aliphatic rings. The molecule has 0 aromatic carbocycles. The Kier molecular flexibility index (Phi) is 7.77. The molecule has 4 heteroatoms. The number of rotatable bonds is 8. The van der Waals surface area contributed by atoms with E-state index in [1.54, 1.807) is 0 Å². The van der Waals surface area contributed by atoms with Gasteiger partial charge in [-0.25, -0.2) is 0 Å². The Morgan fingerprint density at radius 2 is 1.76 bits per heavy atom. The number of nitrogens with one attached hydrogen (secondary N) is 1. The lowest BCUT2D eigenvalue weighted by Gasteiger charge is -2.34. The zero-order valence-electron chi connectivity index (χ0n) is 11.5. The van der Waals surface area contributed by atoms with Gasteiger partial charge in [0.15, 0.2) is 0 Å². The van der Waals surface area contributed by atoms with Gasteiger partial charge in [0.2, 0.25) is 0 Å². The molecule has 0 aromatic heterocycles. The van der Waals surface area contributed by atoms with Gasteiger partial charge in [-0.2, -0.15) is 0 Å². The average molecular weight is 243 g/mol. The molecule has 2 N–H and O–H groups in total. The SMILES string of the molecule is CCCNC(CO)CCN1CCN(CC)CC1. The van der Waals surface area contributed by atoms with Gasteiger partial charge in [-0.05, 0) is 32.5 Å². The summed E-state index contributed by atoms with van der Waals surface area (Å²) in [5, 5.41) is 12.7. The van der Waals surface area contributed by atoms with Crippen LogP contribution in [0.2, 0.25) is 0 Å². The van der Waals surface area contributed by atoms with E-state index in [2.05, 4.69) is 29.0 Å². The van der Waals surface area contributed by atoms with E-state index in [4.69, 9.17) is 0 Å². The Balaban J connectivity index is 2.12. The van der Waals surface area contributed by atoms with Crippen LogP contribution in [0.15, 0.2) is 0 Å². The highest BCUT2D eigenvalue weighted by Gasteiger charge is 2.16. The zero-order valence-corrected chi connectivity index (χ0v) is 11.5. The fourth-order valence-electron chi connectivity index (χ4n) is 2.27. The van der Waals surface area contributed by atoms with Gasteiger partial charge in [-0.1, -0.05) is 13.8 Å². The van der Waals surface area contributed by atoms with E-state index in [0.717, 1.165) is 25.9 Å². The van der Waals surface area contributed by atoms with Crippen LogP contribution in [0.5, 0.6) is 0 Å². The molecule has 0 amide bonds. The lowest BCUT2D eigenvalue weighted by atomic mass is 10.2. The Hall–Kier alpha value is -0.160. The molecule has 1 heterocycles. The van der Waals surface area contributed by atoms with Crippen LogP contribution >= 0.6 is 0 Å². The maximum atomic E-state index is 9.27. The Morgan fingerprint density at radius 3 is 2.29 bits per heavy atom. The molecule has 1 rings (SSSR count). The second-order valence-corrected chi connectivity index (χ2v) is 4.90. The lowest BCUT2D eigenvalue weighted by Crippen LogP contribution is -2.47. The Morgan fingerprint density at radius 1 is 1.12 bits per heavy atom. The van der Waals surface area contributed by atoms with Crippen LogP contribution in [-0.4, -0.2) is 73.4 Å². The molecule has 1 atom stereocenters. The maximum absolute atomic E-state index is 9.27. The monoisotopic (exact) mass is 243 g/mol. The third kappa shape index (κ3) is 5.82. The summed E-state index contributed by atoms with van der Waals surface area (Å²) in [6.45, 7) is 12.7. The van der Waals surface area contributed by atoms with Crippen molar-refractivity contribution in [1.82, 2.24) is 15.1 Å². The van der Waals surface area contributed by atoms with Crippen LogP contribution in [0.25, 0.3) is 0 Å². The van der Waals surface area contributed by atoms with Crippen molar-refractivity contribution in [2.45, 2.75) is 32.7 Å². The van der Waals surface area contributed by atoms with Gasteiger partial charge < -0.3 is 20.2 Å². The van der Waals surface area contributed by atoms with E-state index in [1.807, 2.05) is 0 Å². The number of aliphatic hydroxyl groups is 1. The molecule has 1 aliphatic heterocycles. The molecule has 0 aliphatic carbocycles. The highest BCUT2D eigenvalue weighted by Crippen LogP contribution is 2.03. The Labute approximate surface area is 106 Å². The standard InChI is InChI=1S/C13H29N3O/c1-3-6-14-13(12-17)5-7-16-10-8-15(4-2)9-11-16/h13-14,17H,3-12H2,1-2H3. The van der Waals surface area contributed by atoms with Crippen molar-refractivity contribution in [2.24, 2.45) is 0 Å². The minimum absolute atomic E-state index is 0.259. The second kappa shape index (κ2) is 8.86. The fourth-order valence-corrected chi connectivity index (χ4v) is 2.27. The summed E-state index contributed by atoms with van der Waals surface area (Å²) in [6.07, 6.45) is 2.19. The number of aliphatic hydroxyl groups excluding tert-OH is 1. The number of hydrogen-bond acceptors (Lipinski definition) is 4. The van der Waals surface area contributed by atoms with Crippen LogP contribution < -0.4 is 5.32 Å². The predicted octanol–water partition coefficient (Wildman–Crippen LogP) is 0.375. The molecule has 1 fully saturated rings. The fraction of sp³-hybridized carbons (Fsp3) is 1.00. The minimum atomic E-state index is 0.259. The third-order valence-electron chi connectivity index (χ3n) is 3.61. The molecule has 0 saturated carbocycles. The van der Waals surface area contributed by atoms with Gasteiger partial charge >= 0.3 is 0 Å². The van der Waals surface area contributed by atoms with Gasteiger partial charge in [0.05, 0.1) is 6.61 Å². The number of nitrogens with zero attached hydrogens (tertiary/aromatic N) is 2. The highest BCUT2D eigenvalue weighted by molar-refractivity contribution is 4.74. The van der Waals surface area contributed by atoms with Crippen molar-refractivity contribution in [3.63, 3.8) is 0 Å². The van der Waals surface area contributed by atoms with Gasteiger partial charge in [0.1, 0.15) is 0 Å². The summed E-state index contributed by atoms with van der Waals surface area (Å²) in [4.78, 5) is 5.01. The number of hydrogen-bond donors (Lipinski definition) is 2.